The van der Waals surface area contributed by atoms with Gasteiger partial charge in [-0.05, 0) is 38.0 Å². The molecule has 0 heterocycles. The lowest BCUT2D eigenvalue weighted by atomic mass is 9.86. The van der Waals surface area contributed by atoms with Crippen LogP contribution in [0.1, 0.15) is 32.6 Å². The van der Waals surface area contributed by atoms with Gasteiger partial charge in [0.15, 0.2) is 0 Å². The fraction of sp³-hybridized carbons (Fsp3) is 0.889. The van der Waals surface area contributed by atoms with Gasteiger partial charge >= 0.3 is 5.97 Å². The molecule has 2 atom stereocenters. The van der Waals surface area contributed by atoms with E-state index in [1.54, 1.807) is 0 Å². The summed E-state index contributed by atoms with van der Waals surface area (Å²) in [5.41, 5.74) is 0. The Bertz CT molecular complexity index is 175. The molecule has 13 heavy (non-hydrogen) atoms. The molecular formula is C9H16ClNO2. The summed E-state index contributed by atoms with van der Waals surface area (Å²) in [6.45, 7) is 2.30. The smallest absolute Gasteiger partial charge is 0.308 e. The average Bonchev–Trinajstić information content (AvgIpc) is 2.18. The van der Waals surface area contributed by atoms with E-state index in [-0.39, 0.29) is 17.9 Å². The average molecular weight is 206 g/mol. The van der Waals surface area contributed by atoms with Crippen LogP contribution in [0, 0.1) is 5.92 Å². The Balaban J connectivity index is 2.37. The van der Waals surface area contributed by atoms with Crippen molar-refractivity contribution in [2.75, 3.05) is 6.61 Å². The Morgan fingerprint density at radius 2 is 2.38 bits per heavy atom. The van der Waals surface area contributed by atoms with E-state index in [0.717, 1.165) is 25.7 Å². The summed E-state index contributed by atoms with van der Waals surface area (Å²) in [6.07, 6.45) is 3.85. The van der Waals surface area contributed by atoms with Crippen molar-refractivity contribution >= 4 is 17.7 Å². The number of rotatable bonds is 3. The molecule has 0 aromatic heterocycles. The summed E-state index contributed by atoms with van der Waals surface area (Å²) in [5, 5.41) is 0. The van der Waals surface area contributed by atoms with Gasteiger partial charge in [-0.15, -0.1) is 0 Å². The van der Waals surface area contributed by atoms with Crippen LogP contribution in [0.5, 0.6) is 0 Å². The zero-order valence-electron chi connectivity index (χ0n) is 7.88. The molecule has 0 aliphatic heterocycles. The van der Waals surface area contributed by atoms with E-state index in [1.807, 2.05) is 6.92 Å². The van der Waals surface area contributed by atoms with Gasteiger partial charge in [-0.2, -0.15) is 0 Å². The molecule has 1 fully saturated rings. The van der Waals surface area contributed by atoms with Gasteiger partial charge in [0.1, 0.15) is 0 Å². The first-order valence-electron chi connectivity index (χ1n) is 4.80. The molecule has 3 nitrogen and oxygen atoms in total. The van der Waals surface area contributed by atoms with Crippen LogP contribution in [0.4, 0.5) is 0 Å². The molecular weight excluding hydrogens is 190 g/mol. The fourth-order valence-electron chi connectivity index (χ4n) is 1.76. The van der Waals surface area contributed by atoms with E-state index in [0.29, 0.717) is 6.61 Å². The topological polar surface area (TPSA) is 38.3 Å². The van der Waals surface area contributed by atoms with Crippen molar-refractivity contribution in [1.29, 1.82) is 0 Å². The molecule has 4 heteroatoms. The predicted octanol–water partition coefficient (Wildman–Crippen LogP) is 1.85. The second-order valence-corrected chi connectivity index (χ2v) is 3.64. The second-order valence-electron chi connectivity index (χ2n) is 3.42. The van der Waals surface area contributed by atoms with Gasteiger partial charge in [-0.1, -0.05) is 6.42 Å². The number of hydrogen-bond donors (Lipinski definition) is 1. The third-order valence-electron chi connectivity index (χ3n) is 2.45. The first-order valence-corrected chi connectivity index (χ1v) is 5.18. The van der Waals surface area contributed by atoms with Gasteiger partial charge in [0.25, 0.3) is 0 Å². The lowest BCUT2D eigenvalue weighted by Crippen LogP contribution is -2.32. The van der Waals surface area contributed by atoms with E-state index in [9.17, 15) is 4.79 Å². The van der Waals surface area contributed by atoms with Crippen LogP contribution in [-0.4, -0.2) is 18.6 Å². The quantitative estimate of drug-likeness (QED) is 0.565. The number of halogens is 1. The van der Waals surface area contributed by atoms with Crippen molar-refractivity contribution < 1.29 is 9.53 Å². The number of carbonyl (C=O) groups excluding carboxylic acids is 1. The lowest BCUT2D eigenvalue weighted by molar-refractivity contribution is -0.149. The third-order valence-corrected chi connectivity index (χ3v) is 2.76. The lowest BCUT2D eigenvalue weighted by Gasteiger charge is -2.26. The van der Waals surface area contributed by atoms with Crippen LogP contribution >= 0.6 is 11.8 Å². The molecule has 0 aromatic rings. The molecule has 1 aliphatic carbocycles. The minimum absolute atomic E-state index is 0.0462. The zero-order chi connectivity index (χ0) is 9.68. The van der Waals surface area contributed by atoms with Crippen molar-refractivity contribution in [3.05, 3.63) is 0 Å². The predicted molar refractivity (Wildman–Crippen MR) is 51.4 cm³/mol. The normalized spacial score (nSPS) is 28.5. The van der Waals surface area contributed by atoms with Crippen molar-refractivity contribution in [3.8, 4) is 0 Å². The van der Waals surface area contributed by atoms with Gasteiger partial charge in [-0.25, -0.2) is 4.84 Å². The van der Waals surface area contributed by atoms with Gasteiger partial charge in [0, 0.05) is 6.04 Å². The summed E-state index contributed by atoms with van der Waals surface area (Å²) < 4.78 is 4.96. The summed E-state index contributed by atoms with van der Waals surface area (Å²) in [7, 11) is 0. The summed E-state index contributed by atoms with van der Waals surface area (Å²) in [4.78, 5) is 14.1. The molecule has 0 bridgehead atoms. The molecule has 0 spiro atoms. The fourth-order valence-corrected chi connectivity index (χ4v) is 1.96. The zero-order valence-corrected chi connectivity index (χ0v) is 8.64. The molecule has 0 amide bonds. The first kappa shape index (κ1) is 10.8. The Morgan fingerprint density at radius 3 is 3.00 bits per heavy atom. The van der Waals surface area contributed by atoms with Gasteiger partial charge in [0.05, 0.1) is 12.5 Å². The van der Waals surface area contributed by atoms with Crippen LogP contribution in [0.25, 0.3) is 0 Å². The number of esters is 1. The van der Waals surface area contributed by atoms with Crippen molar-refractivity contribution in [3.63, 3.8) is 0 Å². The minimum atomic E-state index is -0.0703. The maximum absolute atomic E-state index is 11.4. The molecule has 1 aliphatic rings. The van der Waals surface area contributed by atoms with Crippen LogP contribution in [0.2, 0.25) is 0 Å². The van der Waals surface area contributed by atoms with Crippen LogP contribution < -0.4 is 4.84 Å². The second kappa shape index (κ2) is 5.45. The number of hydrogen-bond acceptors (Lipinski definition) is 3. The largest absolute Gasteiger partial charge is 0.466 e. The van der Waals surface area contributed by atoms with E-state index in [2.05, 4.69) is 4.84 Å². The van der Waals surface area contributed by atoms with Crippen molar-refractivity contribution in [2.24, 2.45) is 5.92 Å². The van der Waals surface area contributed by atoms with Crippen LogP contribution in [-0.2, 0) is 9.53 Å². The van der Waals surface area contributed by atoms with Crippen molar-refractivity contribution in [1.82, 2.24) is 4.84 Å². The summed E-state index contributed by atoms with van der Waals surface area (Å²) in [5.74, 6) is -0.0240. The van der Waals surface area contributed by atoms with Gasteiger partial charge in [-0.3, -0.25) is 4.79 Å². The summed E-state index contributed by atoms with van der Waals surface area (Å²) >= 11 is 5.53. The molecule has 1 N–H and O–H groups in total. The Kier molecular flexibility index (Phi) is 4.53. The highest BCUT2D eigenvalue weighted by Gasteiger charge is 2.27. The number of carbonyl (C=O) groups is 1. The Labute approximate surface area is 83.9 Å². The Hall–Kier alpha value is -0.280. The SMILES string of the molecule is CCOC(=O)[C@@H]1CCC[C@H](NCl)C1. The molecule has 0 aromatic carbocycles. The van der Waals surface area contributed by atoms with Crippen LogP contribution in [0.15, 0.2) is 0 Å². The van der Waals surface area contributed by atoms with Gasteiger partial charge < -0.3 is 4.74 Å². The maximum atomic E-state index is 11.4. The third kappa shape index (κ3) is 3.16. The standard InChI is InChI=1S/C9H16ClNO2/c1-2-13-9(12)7-4-3-5-8(6-7)11-10/h7-8,11H,2-6H2,1H3/t7-,8+/m1/s1. The van der Waals surface area contributed by atoms with Crippen molar-refractivity contribution in [2.45, 2.75) is 38.6 Å². The monoisotopic (exact) mass is 205 g/mol. The highest BCUT2D eigenvalue weighted by Crippen LogP contribution is 2.25. The first-order chi connectivity index (χ1) is 6.27. The molecule has 0 radical (unpaired) electrons. The molecule has 1 saturated carbocycles. The Morgan fingerprint density at radius 1 is 1.62 bits per heavy atom. The highest BCUT2D eigenvalue weighted by atomic mass is 35.5. The molecule has 0 saturated heterocycles. The van der Waals surface area contributed by atoms with E-state index < -0.39 is 0 Å². The van der Waals surface area contributed by atoms with Gasteiger partial charge in [0.2, 0.25) is 0 Å². The molecule has 76 valence electrons. The van der Waals surface area contributed by atoms with E-state index >= 15 is 0 Å². The van der Waals surface area contributed by atoms with E-state index in [1.165, 1.54) is 0 Å². The molecule has 1 rings (SSSR count). The summed E-state index contributed by atoms with van der Waals surface area (Å²) in [6, 6.07) is 0.268. The minimum Gasteiger partial charge on any atom is -0.466 e. The van der Waals surface area contributed by atoms with E-state index in [4.69, 9.17) is 16.5 Å². The number of ether oxygens (including phenoxy) is 1. The maximum Gasteiger partial charge on any atom is 0.308 e. The number of nitrogens with one attached hydrogen (secondary N) is 1. The molecule has 0 unspecified atom stereocenters. The highest BCUT2D eigenvalue weighted by molar-refractivity contribution is 6.13. The van der Waals surface area contributed by atoms with Crippen LogP contribution in [0.3, 0.4) is 0 Å².